The highest BCUT2D eigenvalue weighted by Crippen LogP contribution is 2.41. The minimum Gasteiger partial charge on any atom is -0.355 e. The molecular formula is C11H17BrF3NO. The van der Waals surface area contributed by atoms with E-state index in [4.69, 9.17) is 0 Å². The topological polar surface area (TPSA) is 29.1 Å². The number of nitrogens with one attached hydrogen (secondary N) is 1. The molecule has 2 nitrogen and oxygen atoms in total. The zero-order valence-corrected chi connectivity index (χ0v) is 11.3. The van der Waals surface area contributed by atoms with Crippen LogP contribution in [0.4, 0.5) is 13.2 Å². The van der Waals surface area contributed by atoms with Crippen molar-refractivity contribution in [1.29, 1.82) is 0 Å². The fraction of sp³-hybridized carbons (Fsp3) is 0.909. The second-order valence-corrected chi connectivity index (χ2v) is 6.13. The zero-order valence-electron chi connectivity index (χ0n) is 9.69. The molecule has 3 unspecified atom stereocenters. The molecule has 0 spiro atoms. The van der Waals surface area contributed by atoms with Crippen molar-refractivity contribution in [2.75, 3.05) is 6.54 Å². The smallest absolute Gasteiger partial charge is 0.355 e. The first kappa shape index (κ1) is 14.8. The molecule has 1 N–H and O–H groups in total. The fourth-order valence-electron chi connectivity index (χ4n) is 2.21. The van der Waals surface area contributed by atoms with Crippen molar-refractivity contribution < 1.29 is 18.0 Å². The highest BCUT2D eigenvalue weighted by molar-refractivity contribution is 9.09. The van der Waals surface area contributed by atoms with Gasteiger partial charge in [-0.1, -0.05) is 35.7 Å². The molecule has 1 rings (SSSR count). The minimum atomic E-state index is -4.26. The summed E-state index contributed by atoms with van der Waals surface area (Å²) in [6, 6.07) is 0. The predicted octanol–water partition coefficient (Wildman–Crippen LogP) is 3.25. The molecule has 100 valence electrons. The number of amides is 1. The first-order valence-electron chi connectivity index (χ1n) is 5.81. The predicted molar refractivity (Wildman–Crippen MR) is 62.9 cm³/mol. The number of halogens is 4. The maximum absolute atomic E-state index is 12.8. The van der Waals surface area contributed by atoms with Gasteiger partial charge in [0.15, 0.2) is 0 Å². The third kappa shape index (κ3) is 4.48. The van der Waals surface area contributed by atoms with E-state index in [0.717, 1.165) is 0 Å². The van der Waals surface area contributed by atoms with Gasteiger partial charge in [0, 0.05) is 17.3 Å². The van der Waals surface area contributed by atoms with E-state index < -0.39 is 23.9 Å². The van der Waals surface area contributed by atoms with E-state index in [1.165, 1.54) is 0 Å². The van der Waals surface area contributed by atoms with Crippen LogP contribution in [0.15, 0.2) is 0 Å². The standard InChI is InChI=1S/C11H17BrF3NO/c1-7(12)6-16-10(17)8-4-2-3-5-9(8)11(13,14)15/h7-9H,2-6H2,1H3,(H,16,17). The lowest BCUT2D eigenvalue weighted by molar-refractivity contribution is -0.198. The van der Waals surface area contributed by atoms with E-state index in [-0.39, 0.29) is 11.2 Å². The number of hydrogen-bond donors (Lipinski definition) is 1. The molecule has 1 saturated carbocycles. The van der Waals surface area contributed by atoms with Crippen LogP contribution in [0.1, 0.15) is 32.6 Å². The van der Waals surface area contributed by atoms with Crippen LogP contribution in [0.5, 0.6) is 0 Å². The van der Waals surface area contributed by atoms with E-state index in [1.807, 2.05) is 6.92 Å². The van der Waals surface area contributed by atoms with E-state index in [2.05, 4.69) is 21.2 Å². The average Bonchev–Trinajstić information content (AvgIpc) is 2.24. The van der Waals surface area contributed by atoms with Crippen molar-refractivity contribution in [3.63, 3.8) is 0 Å². The van der Waals surface area contributed by atoms with Crippen LogP contribution in [0.25, 0.3) is 0 Å². The number of carbonyl (C=O) groups is 1. The summed E-state index contributed by atoms with van der Waals surface area (Å²) in [7, 11) is 0. The summed E-state index contributed by atoms with van der Waals surface area (Å²) in [5, 5.41) is 2.57. The van der Waals surface area contributed by atoms with Gasteiger partial charge in [0.1, 0.15) is 0 Å². The van der Waals surface area contributed by atoms with Gasteiger partial charge in [0.25, 0.3) is 0 Å². The molecule has 1 aliphatic carbocycles. The number of alkyl halides is 4. The Bertz CT molecular complexity index is 268. The third-order valence-electron chi connectivity index (χ3n) is 3.08. The fourth-order valence-corrected chi connectivity index (χ4v) is 2.37. The van der Waals surface area contributed by atoms with E-state index in [0.29, 0.717) is 25.8 Å². The van der Waals surface area contributed by atoms with Crippen molar-refractivity contribution in [2.45, 2.75) is 43.6 Å². The average molecular weight is 316 g/mol. The molecule has 1 aliphatic rings. The SMILES string of the molecule is CC(Br)CNC(=O)C1CCCCC1C(F)(F)F. The summed E-state index contributed by atoms with van der Waals surface area (Å²) in [4.78, 5) is 11.8. The van der Waals surface area contributed by atoms with Crippen LogP contribution in [0, 0.1) is 11.8 Å². The van der Waals surface area contributed by atoms with E-state index in [9.17, 15) is 18.0 Å². The molecule has 0 aromatic carbocycles. The molecule has 0 aromatic heterocycles. The van der Waals surface area contributed by atoms with Gasteiger partial charge in [-0.05, 0) is 12.8 Å². The molecule has 0 radical (unpaired) electrons. The van der Waals surface area contributed by atoms with Gasteiger partial charge in [-0.3, -0.25) is 4.79 Å². The van der Waals surface area contributed by atoms with Gasteiger partial charge >= 0.3 is 6.18 Å². The second-order valence-electron chi connectivity index (χ2n) is 4.56. The summed E-state index contributed by atoms with van der Waals surface area (Å²) in [5.41, 5.74) is 0. The lowest BCUT2D eigenvalue weighted by Crippen LogP contribution is -2.43. The van der Waals surface area contributed by atoms with Crippen LogP contribution in [0.2, 0.25) is 0 Å². The first-order chi connectivity index (χ1) is 7.82. The van der Waals surface area contributed by atoms with Crippen molar-refractivity contribution in [3.05, 3.63) is 0 Å². The van der Waals surface area contributed by atoms with Gasteiger partial charge < -0.3 is 5.32 Å². The quantitative estimate of drug-likeness (QED) is 0.796. The Balaban J connectivity index is 2.61. The lowest BCUT2D eigenvalue weighted by Gasteiger charge is -2.32. The van der Waals surface area contributed by atoms with Gasteiger partial charge in [0.05, 0.1) is 5.92 Å². The summed E-state index contributed by atoms with van der Waals surface area (Å²) >= 11 is 3.24. The second kappa shape index (κ2) is 6.07. The molecule has 0 aromatic rings. The summed E-state index contributed by atoms with van der Waals surface area (Å²) in [6.07, 6.45) is -2.59. The molecule has 17 heavy (non-hydrogen) atoms. The molecule has 0 bridgehead atoms. The van der Waals surface area contributed by atoms with E-state index in [1.54, 1.807) is 0 Å². The molecule has 1 fully saturated rings. The van der Waals surface area contributed by atoms with Crippen LogP contribution >= 0.6 is 15.9 Å². The summed E-state index contributed by atoms with van der Waals surface area (Å²) < 4.78 is 38.3. The maximum atomic E-state index is 12.8. The highest BCUT2D eigenvalue weighted by atomic mass is 79.9. The molecule has 3 atom stereocenters. The maximum Gasteiger partial charge on any atom is 0.392 e. The Morgan fingerprint density at radius 3 is 2.53 bits per heavy atom. The Morgan fingerprint density at radius 2 is 2.00 bits per heavy atom. The van der Waals surface area contributed by atoms with E-state index >= 15 is 0 Å². The number of carbonyl (C=O) groups excluding carboxylic acids is 1. The molecule has 6 heteroatoms. The van der Waals surface area contributed by atoms with Crippen molar-refractivity contribution in [3.8, 4) is 0 Å². The zero-order chi connectivity index (χ0) is 13.1. The Hall–Kier alpha value is -0.260. The molecule has 0 heterocycles. The van der Waals surface area contributed by atoms with Crippen LogP contribution in [0.3, 0.4) is 0 Å². The monoisotopic (exact) mass is 315 g/mol. The summed E-state index contributed by atoms with van der Waals surface area (Å²) in [5.74, 6) is -2.84. The van der Waals surface area contributed by atoms with Gasteiger partial charge in [-0.2, -0.15) is 13.2 Å². The largest absolute Gasteiger partial charge is 0.392 e. The minimum absolute atomic E-state index is 0.0689. The van der Waals surface area contributed by atoms with Crippen molar-refractivity contribution in [1.82, 2.24) is 5.32 Å². The first-order valence-corrected chi connectivity index (χ1v) is 6.72. The molecule has 0 saturated heterocycles. The normalized spacial score (nSPS) is 27.6. The van der Waals surface area contributed by atoms with Crippen LogP contribution < -0.4 is 5.32 Å². The van der Waals surface area contributed by atoms with Gasteiger partial charge in [-0.15, -0.1) is 0 Å². The lowest BCUT2D eigenvalue weighted by atomic mass is 9.78. The number of rotatable bonds is 3. The van der Waals surface area contributed by atoms with Crippen molar-refractivity contribution in [2.24, 2.45) is 11.8 Å². The van der Waals surface area contributed by atoms with Crippen LogP contribution in [-0.4, -0.2) is 23.5 Å². The molecule has 1 amide bonds. The third-order valence-corrected chi connectivity index (χ3v) is 3.40. The molecular weight excluding hydrogens is 299 g/mol. The Labute approximate surface area is 107 Å². The Kier molecular flexibility index (Phi) is 5.28. The van der Waals surface area contributed by atoms with Gasteiger partial charge in [-0.25, -0.2) is 0 Å². The van der Waals surface area contributed by atoms with Crippen molar-refractivity contribution >= 4 is 21.8 Å². The molecule has 0 aliphatic heterocycles. The highest BCUT2D eigenvalue weighted by Gasteiger charge is 2.47. The van der Waals surface area contributed by atoms with Crippen LogP contribution in [-0.2, 0) is 4.79 Å². The Morgan fingerprint density at radius 1 is 1.41 bits per heavy atom. The van der Waals surface area contributed by atoms with Gasteiger partial charge in [0.2, 0.25) is 5.91 Å². The summed E-state index contributed by atoms with van der Waals surface area (Å²) in [6.45, 7) is 2.20. The number of hydrogen-bond acceptors (Lipinski definition) is 1.